The van der Waals surface area contributed by atoms with Crippen LogP contribution in [0.1, 0.15) is 143 Å². The van der Waals surface area contributed by atoms with Gasteiger partial charge in [0.15, 0.2) is 0 Å². The molecule has 0 radical (unpaired) electrons. The molecule has 11 amide bonds. The fourth-order valence-corrected chi connectivity index (χ4v) is 13.7. The van der Waals surface area contributed by atoms with Crippen molar-refractivity contribution in [1.29, 1.82) is 0 Å². The Morgan fingerprint density at radius 2 is 0.979 bits per heavy atom. The van der Waals surface area contributed by atoms with Crippen molar-refractivity contribution in [2.45, 2.75) is 222 Å². The normalized spacial score (nSPS) is 29.9. The maximum Gasteiger partial charge on any atom is 0.248 e. The molecule has 3 aliphatic rings. The van der Waals surface area contributed by atoms with Gasteiger partial charge in [-0.15, -0.1) is 0 Å². The van der Waals surface area contributed by atoms with Crippen LogP contribution in [0, 0.1) is 35.5 Å². The summed E-state index contributed by atoms with van der Waals surface area (Å²) in [5.41, 5.74) is 0. The molecule has 2 bridgehead atoms. The van der Waals surface area contributed by atoms with Gasteiger partial charge in [-0.1, -0.05) is 88.3 Å². The Labute approximate surface area is 560 Å². The van der Waals surface area contributed by atoms with Gasteiger partial charge >= 0.3 is 0 Å². The second-order valence-electron chi connectivity index (χ2n) is 28.3. The summed E-state index contributed by atoms with van der Waals surface area (Å²) in [5, 5.41) is 11.2. The first kappa shape index (κ1) is 82.0. The molecule has 3 fully saturated rings. The summed E-state index contributed by atoms with van der Waals surface area (Å²) < 4.78 is 33.1. The van der Waals surface area contributed by atoms with Crippen LogP contribution in [0.3, 0.4) is 0 Å². The van der Waals surface area contributed by atoms with E-state index in [9.17, 15) is 32.4 Å². The number of sulfonamides is 1. The van der Waals surface area contributed by atoms with Gasteiger partial charge in [0.2, 0.25) is 75.0 Å². The van der Waals surface area contributed by atoms with Crippen LogP contribution in [0.4, 0.5) is 0 Å². The number of rotatable bonds is 15. The van der Waals surface area contributed by atoms with Gasteiger partial charge in [-0.05, 0) is 102 Å². The van der Waals surface area contributed by atoms with E-state index in [1.54, 1.807) is 34.6 Å². The van der Waals surface area contributed by atoms with E-state index < -0.39 is 171 Å². The second-order valence-corrected chi connectivity index (χ2v) is 30.3. The monoisotopic (exact) mass is 1350 g/mol. The Kier molecular flexibility index (Phi) is 31.1. The molecular formula is C66H117N13O14S. The fourth-order valence-electron chi connectivity index (χ4n) is 12.8. The van der Waals surface area contributed by atoms with E-state index >= 15 is 28.8 Å². The van der Waals surface area contributed by atoms with Crippen molar-refractivity contribution in [3.63, 3.8) is 0 Å². The lowest BCUT2D eigenvalue weighted by Gasteiger charge is -2.40. The minimum atomic E-state index is -3.49. The van der Waals surface area contributed by atoms with Gasteiger partial charge in [-0.25, -0.2) is 8.42 Å². The van der Waals surface area contributed by atoms with Crippen molar-refractivity contribution in [2.24, 2.45) is 35.5 Å². The summed E-state index contributed by atoms with van der Waals surface area (Å²) in [6, 6.07) is -13.9. The van der Waals surface area contributed by atoms with E-state index in [1.165, 1.54) is 109 Å². The Bertz CT molecular complexity index is 2810. The number of hydrogen-bond acceptors (Lipinski definition) is 15. The van der Waals surface area contributed by atoms with Crippen LogP contribution in [-0.2, 0) is 67.5 Å². The highest BCUT2D eigenvalue weighted by Gasteiger charge is 2.51. The molecule has 3 rings (SSSR count). The number of fused-ring (bicyclic) bond motifs is 3. The molecule has 0 aromatic carbocycles. The molecule has 27 nitrogen and oxygen atoms in total. The summed E-state index contributed by atoms with van der Waals surface area (Å²) in [6.07, 6.45) is 3.68. The zero-order valence-electron chi connectivity index (χ0n) is 60.8. The summed E-state index contributed by atoms with van der Waals surface area (Å²) >= 11 is 0. The number of hydrogen-bond donors (Lipinski definition) is 4. The molecule has 0 saturated carbocycles. The van der Waals surface area contributed by atoms with Gasteiger partial charge in [0.05, 0.1) is 18.5 Å². The Morgan fingerprint density at radius 3 is 1.47 bits per heavy atom. The molecule has 3 aliphatic heterocycles. The number of likely N-dealkylation sites (N-methyl/N-ethyl adjacent to an activating group) is 7. The molecule has 536 valence electrons. The molecule has 3 heterocycles. The van der Waals surface area contributed by atoms with Gasteiger partial charge in [0.1, 0.15) is 66.5 Å². The third kappa shape index (κ3) is 20.9. The molecule has 0 aliphatic carbocycles. The van der Waals surface area contributed by atoms with Gasteiger partial charge in [-0.3, -0.25) is 52.7 Å². The molecule has 3 saturated heterocycles. The molecule has 0 aromatic rings. The lowest BCUT2D eigenvalue weighted by molar-refractivity contribution is -0.155. The lowest BCUT2D eigenvalue weighted by Crippen LogP contribution is -2.63. The smallest absolute Gasteiger partial charge is 0.248 e. The van der Waals surface area contributed by atoms with Gasteiger partial charge in [-0.2, -0.15) is 4.31 Å². The molecular weight excluding hydrogens is 1230 g/mol. The highest BCUT2D eigenvalue weighted by atomic mass is 32.2. The first-order valence-corrected chi connectivity index (χ1v) is 35.4. The van der Waals surface area contributed by atoms with Crippen molar-refractivity contribution in [3.8, 4) is 0 Å². The van der Waals surface area contributed by atoms with Crippen molar-refractivity contribution < 1.29 is 65.9 Å². The molecule has 15 atom stereocenters. The van der Waals surface area contributed by atoms with Crippen LogP contribution in [-0.4, -0.2) is 284 Å². The molecule has 4 N–H and O–H groups in total. The van der Waals surface area contributed by atoms with Gasteiger partial charge < -0.3 is 65.2 Å². The summed E-state index contributed by atoms with van der Waals surface area (Å²) in [5.74, 6) is -9.68. The number of carbonyl (C=O) groups excluding carboxylic acids is 11. The van der Waals surface area contributed by atoms with Crippen molar-refractivity contribution >= 4 is 75.0 Å². The van der Waals surface area contributed by atoms with E-state index in [-0.39, 0.29) is 63.1 Å². The van der Waals surface area contributed by atoms with E-state index in [1.807, 2.05) is 72.4 Å². The number of carbonyl (C=O) groups is 11. The SMILES string of the molecule is CC=CCC(C)C1OC(C)C2C(=O)N(C)C1C(=O)NC(CC)C(=O)N(C)C(C)C(=O)N(C)C(C(C)CN1CCN(S(C)(=O)=O)CC1)C(=O)NC(C(C)C)C(=O)N(C)C(CC(C)C)C(=O)NC(C)C(=O)NC(C)C(=O)N(C)C(CC(C)C)C(=O)N(C)C(CC(C)C)C(=O)N2C. The molecule has 15 unspecified atom stereocenters. The van der Waals surface area contributed by atoms with E-state index in [4.69, 9.17) is 4.74 Å². The quantitative estimate of drug-likeness (QED) is 0.169. The maximum absolute atomic E-state index is 15.3. The second kappa shape index (κ2) is 35.7. The first-order chi connectivity index (χ1) is 43.5. The minimum Gasteiger partial charge on any atom is -0.370 e. The lowest BCUT2D eigenvalue weighted by atomic mass is 9.92. The van der Waals surface area contributed by atoms with E-state index in [0.29, 0.717) is 19.5 Å². The molecule has 94 heavy (non-hydrogen) atoms. The number of allylic oxidation sites excluding steroid dienone is 2. The van der Waals surface area contributed by atoms with Crippen molar-refractivity contribution in [3.05, 3.63) is 12.2 Å². The van der Waals surface area contributed by atoms with Crippen LogP contribution >= 0.6 is 0 Å². The van der Waals surface area contributed by atoms with Crippen LogP contribution in [0.25, 0.3) is 0 Å². The van der Waals surface area contributed by atoms with Crippen LogP contribution in [0.2, 0.25) is 0 Å². The number of nitrogens with zero attached hydrogens (tertiary/aromatic N) is 9. The zero-order valence-corrected chi connectivity index (χ0v) is 61.7. The zero-order chi connectivity index (χ0) is 72.0. The maximum atomic E-state index is 15.3. The van der Waals surface area contributed by atoms with Crippen LogP contribution < -0.4 is 21.3 Å². The minimum absolute atomic E-state index is 0.0257. The summed E-state index contributed by atoms with van der Waals surface area (Å²) in [4.78, 5) is 174. The van der Waals surface area contributed by atoms with Gasteiger partial charge in [0.25, 0.3) is 0 Å². The van der Waals surface area contributed by atoms with E-state index in [0.717, 1.165) is 6.26 Å². The predicted molar refractivity (Wildman–Crippen MR) is 359 cm³/mol. The highest BCUT2D eigenvalue weighted by molar-refractivity contribution is 7.88. The summed E-state index contributed by atoms with van der Waals surface area (Å²) in [6.45, 7) is 28.9. The number of nitrogens with one attached hydrogen (secondary N) is 4. The standard InChI is InChI=1S/C66H117N13O14S/c1-25-27-28-41(11)55-54-59(83)69-47(26-2)62(86)71(17)45(15)61(85)75(21)52(42(12)36-78-29-31-79(32-30-78)94(24,91)92)58(82)70-51(40(9)10)65(89)72(18)48(33-37(3)4)57(81)67-43(13)56(80)68-44(14)60(84)73(19)49(34-38(5)6)63(87)74(20)50(35-39(7)8)64(88)76(22)53(46(16)93-55)66(90)77(54)23/h25,27,37-55H,26,28-36H2,1-24H3,(H,67,81)(H,68,80)(H,69,83)(H,70,82). The van der Waals surface area contributed by atoms with Crippen molar-refractivity contribution in [2.75, 3.05) is 88.3 Å². The largest absolute Gasteiger partial charge is 0.370 e. The number of piperazine rings is 1. The van der Waals surface area contributed by atoms with Crippen LogP contribution in [0.15, 0.2) is 12.2 Å². The first-order valence-electron chi connectivity index (χ1n) is 33.5. The topological polar surface area (TPSA) is 308 Å². The Morgan fingerprint density at radius 1 is 0.500 bits per heavy atom. The molecule has 0 spiro atoms. The summed E-state index contributed by atoms with van der Waals surface area (Å²) in [7, 11) is 6.52. The van der Waals surface area contributed by atoms with Gasteiger partial charge in [0, 0.05) is 82.1 Å². The van der Waals surface area contributed by atoms with Crippen LogP contribution in [0.5, 0.6) is 0 Å². The fraction of sp³-hybridized carbons (Fsp3) is 0.803. The predicted octanol–water partition coefficient (Wildman–Crippen LogP) is 1.60. The average molecular weight is 1350 g/mol. The number of amides is 11. The average Bonchev–Trinajstić information content (AvgIpc) is 1.55. The Balaban J connectivity index is 2.35. The molecule has 0 aromatic heterocycles. The molecule has 28 heteroatoms. The van der Waals surface area contributed by atoms with Crippen molar-refractivity contribution in [1.82, 2.24) is 64.8 Å². The highest BCUT2D eigenvalue weighted by Crippen LogP contribution is 2.30. The van der Waals surface area contributed by atoms with E-state index in [2.05, 4.69) is 21.3 Å². The number of ether oxygens (including phenoxy) is 1. The third-order valence-corrected chi connectivity index (χ3v) is 20.1. The third-order valence-electron chi connectivity index (χ3n) is 18.8. The Hall–Kier alpha value is -6.26.